The van der Waals surface area contributed by atoms with Crippen LogP contribution in [-0.4, -0.2) is 35.6 Å². The average Bonchev–Trinajstić information content (AvgIpc) is 2.88. The number of aromatic nitrogens is 1. The Morgan fingerprint density at radius 1 is 0.944 bits per heavy atom. The Balaban J connectivity index is 1.24. The highest BCUT2D eigenvalue weighted by Crippen LogP contribution is 2.53. The number of methoxy groups -OCH3 is 1. The van der Waals surface area contributed by atoms with Gasteiger partial charge in [-0.05, 0) is 99.1 Å². The van der Waals surface area contributed by atoms with E-state index in [1.54, 1.807) is 0 Å². The third kappa shape index (κ3) is 4.83. The summed E-state index contributed by atoms with van der Waals surface area (Å²) >= 11 is 0. The second kappa shape index (κ2) is 9.35. The van der Waals surface area contributed by atoms with E-state index >= 15 is 0 Å². The Labute approximate surface area is 215 Å². The Morgan fingerprint density at radius 3 is 2.22 bits per heavy atom. The number of hydrogen-bond acceptors (Lipinski definition) is 5. The first kappa shape index (κ1) is 25.0. The summed E-state index contributed by atoms with van der Waals surface area (Å²) in [5, 5.41) is 9.06. The fourth-order valence-electron chi connectivity index (χ4n) is 6.88. The zero-order valence-electron chi connectivity index (χ0n) is 22.3. The van der Waals surface area contributed by atoms with Crippen molar-refractivity contribution in [1.82, 2.24) is 10.3 Å². The summed E-state index contributed by atoms with van der Waals surface area (Å²) in [5.74, 6) is 1.55. The van der Waals surface area contributed by atoms with E-state index in [9.17, 15) is 9.59 Å². The van der Waals surface area contributed by atoms with E-state index in [1.807, 2.05) is 24.4 Å². The Kier molecular flexibility index (Phi) is 6.50. The van der Waals surface area contributed by atoms with Gasteiger partial charge in [0.05, 0.1) is 12.5 Å². The summed E-state index contributed by atoms with van der Waals surface area (Å²) in [6, 6.07) is 8.38. The molecular weight excluding hydrogens is 450 g/mol. The molecule has 6 heteroatoms. The number of carbonyl (C=O) groups excluding carboxylic acids is 2. The molecule has 36 heavy (non-hydrogen) atoms. The zero-order chi connectivity index (χ0) is 25.6. The molecule has 2 bridgehead atoms. The van der Waals surface area contributed by atoms with Crippen LogP contribution in [0.15, 0.2) is 30.5 Å². The monoisotopic (exact) mass is 491 g/mol. The fourth-order valence-corrected chi connectivity index (χ4v) is 6.88. The maximum atomic E-state index is 13.3. The number of ether oxygens (including phenoxy) is 1. The number of fused-ring (bicyclic) bond motifs is 4. The Morgan fingerprint density at radius 2 is 1.61 bits per heavy atom. The molecule has 0 aliphatic heterocycles. The SMILES string of the molecule is COC(=O)C12CCC(NC(=O)c3ccc4cnc(NC5CCC(C(C)(C)C)CC5)cc4c3)(CC1)CC2. The first-order valence-electron chi connectivity index (χ1n) is 13.7. The summed E-state index contributed by atoms with van der Waals surface area (Å²) in [7, 11) is 1.48. The molecular formula is C30H41N3O3. The molecule has 194 valence electrons. The van der Waals surface area contributed by atoms with E-state index in [0.29, 0.717) is 17.0 Å². The van der Waals surface area contributed by atoms with E-state index in [2.05, 4.69) is 42.5 Å². The maximum absolute atomic E-state index is 13.3. The molecule has 0 radical (unpaired) electrons. The lowest BCUT2D eigenvalue weighted by molar-refractivity contribution is -0.160. The zero-order valence-corrected chi connectivity index (χ0v) is 22.3. The molecule has 6 rings (SSSR count). The highest BCUT2D eigenvalue weighted by Gasteiger charge is 2.53. The fraction of sp³-hybridized carbons (Fsp3) is 0.633. The van der Waals surface area contributed by atoms with E-state index < -0.39 is 0 Å². The van der Waals surface area contributed by atoms with Crippen LogP contribution in [0.1, 0.15) is 95.3 Å². The van der Waals surface area contributed by atoms with Crippen LogP contribution in [0.4, 0.5) is 5.82 Å². The van der Waals surface area contributed by atoms with Crippen molar-refractivity contribution in [3.05, 3.63) is 36.0 Å². The van der Waals surface area contributed by atoms with Crippen molar-refractivity contribution in [1.29, 1.82) is 0 Å². The number of pyridine rings is 1. The van der Waals surface area contributed by atoms with E-state index in [-0.39, 0.29) is 22.8 Å². The molecule has 4 saturated carbocycles. The molecule has 4 aliphatic rings. The molecule has 1 aromatic carbocycles. The van der Waals surface area contributed by atoms with Crippen molar-refractivity contribution < 1.29 is 14.3 Å². The summed E-state index contributed by atoms with van der Waals surface area (Å²) in [6.45, 7) is 7.05. The van der Waals surface area contributed by atoms with Crippen LogP contribution in [0.3, 0.4) is 0 Å². The van der Waals surface area contributed by atoms with Crippen LogP contribution in [0.2, 0.25) is 0 Å². The van der Waals surface area contributed by atoms with Crippen LogP contribution in [0.25, 0.3) is 10.8 Å². The minimum absolute atomic E-state index is 0.0313. The van der Waals surface area contributed by atoms with Gasteiger partial charge < -0.3 is 15.4 Å². The normalized spacial score (nSPS) is 30.1. The van der Waals surface area contributed by atoms with Crippen molar-refractivity contribution in [2.45, 2.75) is 96.6 Å². The second-order valence-corrected chi connectivity index (χ2v) is 12.7. The highest BCUT2D eigenvalue weighted by molar-refractivity contribution is 5.99. The van der Waals surface area contributed by atoms with Gasteiger partial charge in [-0.1, -0.05) is 26.8 Å². The number of benzene rings is 1. The van der Waals surface area contributed by atoms with Crippen molar-refractivity contribution in [2.75, 3.05) is 12.4 Å². The summed E-state index contributed by atoms with van der Waals surface area (Å²) < 4.78 is 5.07. The maximum Gasteiger partial charge on any atom is 0.311 e. The number of nitrogens with one attached hydrogen (secondary N) is 2. The van der Waals surface area contributed by atoms with Crippen LogP contribution >= 0.6 is 0 Å². The molecule has 1 amide bonds. The van der Waals surface area contributed by atoms with Crippen molar-refractivity contribution in [2.24, 2.45) is 16.7 Å². The lowest BCUT2D eigenvalue weighted by Gasteiger charge is -2.52. The van der Waals surface area contributed by atoms with Gasteiger partial charge in [0.2, 0.25) is 0 Å². The number of carbonyl (C=O) groups is 2. The smallest absolute Gasteiger partial charge is 0.311 e. The van der Waals surface area contributed by atoms with E-state index in [1.165, 1.54) is 32.8 Å². The molecule has 1 aromatic heterocycles. The van der Waals surface area contributed by atoms with Crippen molar-refractivity contribution in [3.8, 4) is 0 Å². The third-order valence-electron chi connectivity index (χ3n) is 9.53. The molecule has 4 fully saturated rings. The lowest BCUT2D eigenvalue weighted by atomic mass is 9.57. The summed E-state index contributed by atoms with van der Waals surface area (Å²) in [4.78, 5) is 30.2. The number of amides is 1. The quantitative estimate of drug-likeness (QED) is 0.484. The minimum atomic E-state index is -0.341. The van der Waals surface area contributed by atoms with Gasteiger partial charge in [-0.2, -0.15) is 0 Å². The molecule has 4 aliphatic carbocycles. The number of nitrogens with zero attached hydrogens (tertiary/aromatic N) is 1. The minimum Gasteiger partial charge on any atom is -0.469 e. The van der Waals surface area contributed by atoms with Gasteiger partial charge in [0.1, 0.15) is 5.82 Å². The molecule has 0 atom stereocenters. The van der Waals surface area contributed by atoms with Crippen molar-refractivity contribution >= 4 is 28.5 Å². The number of hydrogen-bond donors (Lipinski definition) is 2. The van der Waals surface area contributed by atoms with Gasteiger partial charge in [-0.3, -0.25) is 9.59 Å². The van der Waals surface area contributed by atoms with Gasteiger partial charge >= 0.3 is 5.97 Å². The third-order valence-corrected chi connectivity index (χ3v) is 9.53. The summed E-state index contributed by atoms with van der Waals surface area (Å²) in [5.41, 5.74) is 0.503. The number of rotatable bonds is 5. The Bertz CT molecular complexity index is 1120. The lowest BCUT2D eigenvalue weighted by Crippen LogP contribution is -2.58. The molecule has 0 unspecified atom stereocenters. The predicted octanol–water partition coefficient (Wildman–Crippen LogP) is 6.25. The molecule has 2 aromatic rings. The molecule has 6 nitrogen and oxygen atoms in total. The standard InChI is InChI=1S/C30H41N3O3/c1-28(2,3)23-7-9-24(10-8-23)32-25-18-22-17-20(5-6-21(22)19-31-25)26(34)33-30-14-11-29(12-15-30,13-16-30)27(35)36-4/h5-6,17-19,23-24H,7-16H2,1-4H3,(H,31,32)(H,33,34). The predicted molar refractivity (Wildman–Crippen MR) is 143 cm³/mol. The number of anilines is 1. The first-order valence-corrected chi connectivity index (χ1v) is 13.7. The molecule has 0 spiro atoms. The van der Waals surface area contributed by atoms with Gasteiger partial charge in [-0.15, -0.1) is 0 Å². The van der Waals surface area contributed by atoms with Crippen LogP contribution < -0.4 is 10.6 Å². The average molecular weight is 492 g/mol. The number of esters is 1. The summed E-state index contributed by atoms with van der Waals surface area (Å²) in [6.07, 6.45) is 11.6. The van der Waals surface area contributed by atoms with Crippen LogP contribution in [0, 0.1) is 16.7 Å². The largest absolute Gasteiger partial charge is 0.469 e. The molecule has 1 heterocycles. The second-order valence-electron chi connectivity index (χ2n) is 12.7. The topological polar surface area (TPSA) is 80.3 Å². The molecule has 0 saturated heterocycles. The highest BCUT2D eigenvalue weighted by atomic mass is 16.5. The van der Waals surface area contributed by atoms with Gasteiger partial charge in [0.25, 0.3) is 5.91 Å². The van der Waals surface area contributed by atoms with Gasteiger partial charge in [0.15, 0.2) is 0 Å². The van der Waals surface area contributed by atoms with E-state index in [0.717, 1.165) is 61.0 Å². The first-order chi connectivity index (χ1) is 17.1. The van der Waals surface area contributed by atoms with Crippen LogP contribution in [-0.2, 0) is 9.53 Å². The van der Waals surface area contributed by atoms with E-state index in [4.69, 9.17) is 4.74 Å². The van der Waals surface area contributed by atoms with Gasteiger partial charge in [0, 0.05) is 28.7 Å². The Hall–Kier alpha value is -2.63. The van der Waals surface area contributed by atoms with Crippen LogP contribution in [0.5, 0.6) is 0 Å². The molecule has 2 N–H and O–H groups in total. The van der Waals surface area contributed by atoms with Crippen molar-refractivity contribution in [3.63, 3.8) is 0 Å². The van der Waals surface area contributed by atoms with Gasteiger partial charge in [-0.25, -0.2) is 4.98 Å².